The van der Waals surface area contributed by atoms with Crippen LogP contribution < -0.4 is 4.57 Å². The third-order valence-electron chi connectivity index (χ3n) is 11.9. The Kier molecular flexibility index (Phi) is 35.8. The first kappa shape index (κ1) is 47.2. The molecular formula is C48H95N2+. The van der Waals surface area contributed by atoms with Gasteiger partial charge in [0, 0.05) is 0 Å². The van der Waals surface area contributed by atoms with Crippen LogP contribution >= 0.6 is 0 Å². The zero-order chi connectivity index (χ0) is 36.0. The Hall–Kier alpha value is -0.790. The molecule has 2 atom stereocenters. The number of aromatic nitrogens is 2. The number of rotatable bonds is 41. The third kappa shape index (κ3) is 28.8. The molecule has 0 spiro atoms. The van der Waals surface area contributed by atoms with E-state index in [1.165, 1.54) is 256 Å². The normalized spacial score (nSPS) is 13.0. The maximum atomic E-state index is 3.75. The summed E-state index contributed by atoms with van der Waals surface area (Å²) in [6.07, 6.45) is 60.6. The van der Waals surface area contributed by atoms with Gasteiger partial charge in [-0.2, -0.15) is 0 Å². The summed E-state index contributed by atoms with van der Waals surface area (Å²) in [6.45, 7) is 9.44. The number of H-pyrrole nitrogens is 1. The van der Waals surface area contributed by atoms with E-state index in [-0.39, 0.29) is 0 Å². The Balaban J connectivity index is 2.18. The lowest BCUT2D eigenvalue weighted by molar-refractivity contribution is -0.727. The van der Waals surface area contributed by atoms with Crippen molar-refractivity contribution in [3.63, 3.8) is 0 Å². The Morgan fingerprint density at radius 3 is 0.960 bits per heavy atom. The van der Waals surface area contributed by atoms with Gasteiger partial charge in [0.1, 0.15) is 12.4 Å². The molecule has 0 aliphatic rings. The molecule has 0 saturated carbocycles. The van der Waals surface area contributed by atoms with E-state index < -0.39 is 0 Å². The van der Waals surface area contributed by atoms with Gasteiger partial charge in [-0.05, 0) is 32.6 Å². The van der Waals surface area contributed by atoms with E-state index in [9.17, 15) is 0 Å². The number of nitrogens with zero attached hydrogens (tertiary/aromatic N) is 1. The zero-order valence-electron chi connectivity index (χ0n) is 35.3. The highest BCUT2D eigenvalue weighted by atomic mass is 15.1. The molecule has 1 N–H and O–H groups in total. The topological polar surface area (TPSA) is 19.7 Å². The molecule has 0 aliphatic heterocycles. The minimum Gasteiger partial charge on any atom is -0.247 e. The Bertz CT molecular complexity index is 768. The molecule has 0 bridgehead atoms. The highest BCUT2D eigenvalue weighted by Crippen LogP contribution is 2.27. The summed E-state index contributed by atoms with van der Waals surface area (Å²) >= 11 is 0. The van der Waals surface area contributed by atoms with E-state index in [0.717, 1.165) is 0 Å². The first-order chi connectivity index (χ1) is 24.7. The number of nitrogens with one attached hydrogen (secondary N) is 1. The maximum Gasteiger partial charge on any atom is 0.257 e. The van der Waals surface area contributed by atoms with Crippen molar-refractivity contribution in [3.8, 4) is 0 Å². The van der Waals surface area contributed by atoms with Crippen molar-refractivity contribution in [2.24, 2.45) is 0 Å². The molecule has 2 nitrogen and oxygen atoms in total. The number of hydrogen-bond donors (Lipinski definition) is 1. The standard InChI is InChI=1S/C48H94N2/c1-5-8-11-14-16-18-20-22-24-25-27-29-31-33-35-37-40-43-47(42-39-13-10-7-3)48-49-44-45-50(48)46(4)41-38-36-34-32-30-28-26-23-21-19-17-15-12-9-6-2/h44-47H,5-43H2,1-4H3/p+1. The van der Waals surface area contributed by atoms with Gasteiger partial charge in [-0.15, -0.1) is 0 Å². The van der Waals surface area contributed by atoms with Crippen molar-refractivity contribution >= 4 is 0 Å². The summed E-state index contributed by atoms with van der Waals surface area (Å²) in [5.74, 6) is 2.24. The third-order valence-corrected chi connectivity index (χ3v) is 11.9. The van der Waals surface area contributed by atoms with Crippen molar-refractivity contribution in [3.05, 3.63) is 18.2 Å². The van der Waals surface area contributed by atoms with E-state index in [2.05, 4.69) is 49.6 Å². The summed E-state index contributed by atoms with van der Waals surface area (Å²) < 4.78 is 2.64. The summed E-state index contributed by atoms with van der Waals surface area (Å²) in [6, 6.07) is 0.618. The second-order valence-electron chi connectivity index (χ2n) is 16.8. The van der Waals surface area contributed by atoms with Crippen molar-refractivity contribution < 1.29 is 4.57 Å². The van der Waals surface area contributed by atoms with Crippen molar-refractivity contribution in [2.75, 3.05) is 0 Å². The Morgan fingerprint density at radius 2 is 0.640 bits per heavy atom. The quantitative estimate of drug-likeness (QED) is 0.0518. The summed E-state index contributed by atoms with van der Waals surface area (Å²) in [5, 5.41) is 0. The van der Waals surface area contributed by atoms with Crippen LogP contribution in [0.5, 0.6) is 0 Å². The van der Waals surface area contributed by atoms with Gasteiger partial charge in [-0.1, -0.05) is 245 Å². The van der Waals surface area contributed by atoms with Crippen LogP contribution in [-0.4, -0.2) is 4.98 Å². The highest BCUT2D eigenvalue weighted by Gasteiger charge is 2.25. The SMILES string of the molecule is CCCCCCCCCCCCCCCCCCCC(CCCCCC)c1[nH]cc[n+]1C(C)CCCCCCCCCCCCCCCCC. The van der Waals surface area contributed by atoms with Crippen LogP contribution in [0.4, 0.5) is 0 Å². The van der Waals surface area contributed by atoms with Crippen LogP contribution in [0.15, 0.2) is 12.4 Å². The van der Waals surface area contributed by atoms with Gasteiger partial charge in [0.15, 0.2) is 0 Å². The van der Waals surface area contributed by atoms with Crippen molar-refractivity contribution in [1.29, 1.82) is 0 Å². The average Bonchev–Trinajstić information content (AvgIpc) is 3.62. The predicted molar refractivity (Wildman–Crippen MR) is 226 cm³/mol. The van der Waals surface area contributed by atoms with Crippen molar-refractivity contribution in [1.82, 2.24) is 4.98 Å². The lowest BCUT2D eigenvalue weighted by Gasteiger charge is -2.17. The average molecular weight is 700 g/mol. The number of hydrogen-bond acceptors (Lipinski definition) is 0. The summed E-state index contributed by atoms with van der Waals surface area (Å²) in [7, 11) is 0. The van der Waals surface area contributed by atoms with E-state index in [4.69, 9.17) is 0 Å². The van der Waals surface area contributed by atoms with E-state index in [1.807, 2.05) is 0 Å². The molecule has 0 amide bonds. The van der Waals surface area contributed by atoms with E-state index >= 15 is 0 Å². The molecule has 0 aliphatic carbocycles. The van der Waals surface area contributed by atoms with Crippen LogP contribution in [0.25, 0.3) is 0 Å². The first-order valence-corrected chi connectivity index (χ1v) is 23.8. The largest absolute Gasteiger partial charge is 0.257 e. The van der Waals surface area contributed by atoms with Crippen LogP contribution in [0.2, 0.25) is 0 Å². The fourth-order valence-corrected chi connectivity index (χ4v) is 8.37. The highest BCUT2D eigenvalue weighted by molar-refractivity contribution is 4.90. The fraction of sp³-hybridized carbons (Fsp3) is 0.938. The monoisotopic (exact) mass is 700 g/mol. The first-order valence-electron chi connectivity index (χ1n) is 23.8. The lowest BCUT2D eigenvalue weighted by atomic mass is 9.93. The van der Waals surface area contributed by atoms with Crippen LogP contribution in [0.3, 0.4) is 0 Å². The minimum absolute atomic E-state index is 0.618. The van der Waals surface area contributed by atoms with Crippen LogP contribution in [-0.2, 0) is 0 Å². The molecule has 2 heteroatoms. The second-order valence-corrected chi connectivity index (χ2v) is 16.8. The maximum absolute atomic E-state index is 3.75. The molecule has 50 heavy (non-hydrogen) atoms. The summed E-state index contributed by atoms with van der Waals surface area (Å²) in [4.78, 5) is 3.75. The molecule has 1 aromatic rings. The number of aromatic amines is 1. The van der Waals surface area contributed by atoms with E-state index in [0.29, 0.717) is 12.0 Å². The van der Waals surface area contributed by atoms with Gasteiger partial charge < -0.3 is 0 Å². The smallest absolute Gasteiger partial charge is 0.247 e. The molecule has 1 rings (SSSR count). The molecular weight excluding hydrogens is 605 g/mol. The molecule has 0 radical (unpaired) electrons. The molecule has 2 unspecified atom stereocenters. The minimum atomic E-state index is 0.618. The van der Waals surface area contributed by atoms with Gasteiger partial charge in [0.2, 0.25) is 0 Å². The van der Waals surface area contributed by atoms with Crippen LogP contribution in [0.1, 0.15) is 296 Å². The molecule has 296 valence electrons. The molecule has 0 fully saturated rings. The molecule has 1 heterocycles. The lowest BCUT2D eigenvalue weighted by Crippen LogP contribution is -2.41. The number of imidazole rings is 1. The van der Waals surface area contributed by atoms with Gasteiger partial charge in [-0.3, -0.25) is 0 Å². The molecule has 0 saturated heterocycles. The van der Waals surface area contributed by atoms with E-state index in [1.54, 1.807) is 0 Å². The Labute approximate surface area is 316 Å². The van der Waals surface area contributed by atoms with Crippen LogP contribution in [0, 0.1) is 0 Å². The Morgan fingerprint density at radius 1 is 0.380 bits per heavy atom. The van der Waals surface area contributed by atoms with Gasteiger partial charge in [0.25, 0.3) is 5.82 Å². The zero-order valence-corrected chi connectivity index (χ0v) is 35.3. The number of unbranched alkanes of at least 4 members (excludes halogenated alkanes) is 33. The van der Waals surface area contributed by atoms with Gasteiger partial charge >= 0.3 is 0 Å². The summed E-state index contributed by atoms with van der Waals surface area (Å²) in [5.41, 5.74) is 0. The molecule has 1 aromatic heterocycles. The molecule has 0 aromatic carbocycles. The van der Waals surface area contributed by atoms with Gasteiger partial charge in [0.05, 0.1) is 12.0 Å². The second kappa shape index (κ2) is 38.0. The predicted octanol–water partition coefficient (Wildman–Crippen LogP) is 17.2. The fourth-order valence-electron chi connectivity index (χ4n) is 8.37. The van der Waals surface area contributed by atoms with Gasteiger partial charge in [-0.25, -0.2) is 9.55 Å². The van der Waals surface area contributed by atoms with Crippen molar-refractivity contribution in [2.45, 2.75) is 290 Å².